The summed E-state index contributed by atoms with van der Waals surface area (Å²) in [7, 11) is 2.13. The Kier molecular flexibility index (Phi) is 7.48. The van der Waals surface area contributed by atoms with E-state index in [4.69, 9.17) is 9.72 Å². The molecule has 44 heavy (non-hydrogen) atoms. The first-order valence-corrected chi connectivity index (χ1v) is 15.8. The van der Waals surface area contributed by atoms with Crippen LogP contribution in [0.25, 0.3) is 22.0 Å². The number of carbonyl (C=O) groups excluding carboxylic acids is 1. The lowest BCUT2D eigenvalue weighted by Gasteiger charge is -2.42. The molecule has 1 saturated carbocycles. The number of ether oxygens (including phenoxy) is 1. The van der Waals surface area contributed by atoms with Gasteiger partial charge >= 0.3 is 0 Å². The largest absolute Gasteiger partial charge is 0.476 e. The van der Waals surface area contributed by atoms with Gasteiger partial charge in [0.15, 0.2) is 0 Å². The molecule has 1 aromatic heterocycles. The number of aromatic nitrogens is 1. The number of fused-ring (bicyclic) bond motifs is 4. The van der Waals surface area contributed by atoms with Crippen molar-refractivity contribution in [3.05, 3.63) is 65.7 Å². The predicted molar refractivity (Wildman–Crippen MR) is 170 cm³/mol. The Hall–Kier alpha value is -4.40. The number of rotatable bonds is 8. The molecule has 3 heterocycles. The third-order valence-corrected chi connectivity index (χ3v) is 10.2. The zero-order valence-corrected chi connectivity index (χ0v) is 25.3. The van der Waals surface area contributed by atoms with Gasteiger partial charge in [-0.3, -0.25) is 4.79 Å². The molecule has 2 unspecified atom stereocenters. The number of likely N-dealkylation sites (N-methyl/N-ethyl adjacent to an activating group) is 1. The molecular weight excluding hydrogens is 548 g/mol. The van der Waals surface area contributed by atoms with Crippen LogP contribution in [0.1, 0.15) is 48.3 Å². The fourth-order valence-electron chi connectivity index (χ4n) is 7.85. The molecule has 0 N–H and O–H groups in total. The van der Waals surface area contributed by atoms with Crippen molar-refractivity contribution >= 4 is 22.5 Å². The van der Waals surface area contributed by atoms with Crippen molar-refractivity contribution in [1.29, 1.82) is 10.5 Å². The van der Waals surface area contributed by atoms with Crippen LogP contribution in [0.2, 0.25) is 0 Å². The first-order valence-electron chi connectivity index (χ1n) is 15.8. The number of piperazine rings is 1. The third-order valence-electron chi connectivity index (χ3n) is 10.2. The van der Waals surface area contributed by atoms with Crippen molar-refractivity contribution in [3.8, 4) is 29.1 Å². The molecule has 0 radical (unpaired) electrons. The van der Waals surface area contributed by atoms with Crippen molar-refractivity contribution < 1.29 is 9.53 Å². The van der Waals surface area contributed by atoms with E-state index in [-0.39, 0.29) is 24.8 Å². The molecule has 224 valence electrons. The molecule has 3 fully saturated rings. The summed E-state index contributed by atoms with van der Waals surface area (Å²) in [5.74, 6) is 1.82. The van der Waals surface area contributed by atoms with E-state index in [0.29, 0.717) is 44.1 Å². The Bertz CT molecular complexity index is 1720. The van der Waals surface area contributed by atoms with Crippen molar-refractivity contribution in [3.63, 3.8) is 0 Å². The first-order chi connectivity index (χ1) is 21.5. The van der Waals surface area contributed by atoms with Gasteiger partial charge in [0.05, 0.1) is 47.8 Å². The summed E-state index contributed by atoms with van der Waals surface area (Å²) in [4.78, 5) is 24.1. The monoisotopic (exact) mass is 586 g/mol. The van der Waals surface area contributed by atoms with E-state index in [2.05, 4.69) is 72.0 Å². The molecule has 0 bridgehead atoms. The second-order valence-electron chi connectivity index (χ2n) is 12.8. The van der Waals surface area contributed by atoms with Gasteiger partial charge in [-0.1, -0.05) is 36.9 Å². The Morgan fingerprint density at radius 3 is 2.82 bits per heavy atom. The summed E-state index contributed by atoms with van der Waals surface area (Å²) in [5, 5.41) is 20.6. The maximum atomic E-state index is 12.7. The van der Waals surface area contributed by atoms with Crippen molar-refractivity contribution in [1.82, 2.24) is 14.8 Å². The molecular formula is C36H38N6O2. The summed E-state index contributed by atoms with van der Waals surface area (Å²) < 4.78 is 6.52. The van der Waals surface area contributed by atoms with Gasteiger partial charge < -0.3 is 19.4 Å². The highest BCUT2D eigenvalue weighted by molar-refractivity contribution is 5.97. The van der Waals surface area contributed by atoms with Gasteiger partial charge in [-0.2, -0.15) is 10.5 Å². The Labute approximate surface area is 259 Å². The highest BCUT2D eigenvalue weighted by Gasteiger charge is 2.46. The van der Waals surface area contributed by atoms with Crippen molar-refractivity contribution in [2.24, 2.45) is 5.92 Å². The summed E-state index contributed by atoms with van der Waals surface area (Å²) in [6, 6.07) is 17.8. The Morgan fingerprint density at radius 1 is 1.16 bits per heavy atom. The smallest absolute Gasteiger partial charge is 0.246 e. The molecule has 2 aliphatic carbocycles. The van der Waals surface area contributed by atoms with E-state index < -0.39 is 0 Å². The van der Waals surface area contributed by atoms with E-state index >= 15 is 0 Å². The number of anilines is 1. The fourth-order valence-corrected chi connectivity index (χ4v) is 7.85. The fraction of sp³-hybridized carbons (Fsp3) is 0.444. The molecule has 2 saturated heterocycles. The minimum absolute atomic E-state index is 0.153. The number of likely N-dealkylation sites (tertiary alicyclic amines) is 1. The second kappa shape index (κ2) is 11.6. The molecule has 2 aliphatic heterocycles. The standard InChI is InChI=1S/C36H38N6O2/c1-3-33(43)42-17-16-41(21-26(42)11-13-37)35-29-10-9-23(28-8-4-6-24-18-25-19-31(25)34(24)28)20-32(29)39-36(30(35)12-14-38)44-22-27-7-5-15-40(27)2/h3-4,6,8-10,20,25-27,31H,1,5,7,11-12,15-19,21-22H2,2H3/t25?,26-,27-,31?/m0/s1. The molecule has 4 aliphatic rings. The first kappa shape index (κ1) is 28.4. The van der Waals surface area contributed by atoms with Crippen LogP contribution in [-0.2, 0) is 17.6 Å². The van der Waals surface area contributed by atoms with Crippen LogP contribution >= 0.6 is 0 Å². The van der Waals surface area contributed by atoms with Crippen molar-refractivity contribution in [2.45, 2.75) is 56.5 Å². The Balaban J connectivity index is 1.34. The van der Waals surface area contributed by atoms with Crippen LogP contribution in [-0.4, -0.2) is 72.6 Å². The average molecular weight is 587 g/mol. The topological polar surface area (TPSA) is 96.5 Å². The average Bonchev–Trinajstić information content (AvgIpc) is 3.52. The highest BCUT2D eigenvalue weighted by Crippen LogP contribution is 2.58. The van der Waals surface area contributed by atoms with E-state index in [1.165, 1.54) is 35.6 Å². The molecule has 8 nitrogen and oxygen atoms in total. The van der Waals surface area contributed by atoms with Crippen LogP contribution in [0.4, 0.5) is 5.69 Å². The number of amides is 1. The van der Waals surface area contributed by atoms with Gasteiger partial charge in [0.2, 0.25) is 11.8 Å². The zero-order valence-electron chi connectivity index (χ0n) is 25.3. The molecule has 2 aromatic carbocycles. The summed E-state index contributed by atoms with van der Waals surface area (Å²) >= 11 is 0. The number of nitrogens with zero attached hydrogens (tertiary/aromatic N) is 6. The Morgan fingerprint density at radius 2 is 2.05 bits per heavy atom. The molecule has 8 heteroatoms. The molecule has 1 amide bonds. The summed E-state index contributed by atoms with van der Waals surface area (Å²) in [6.45, 7) is 6.75. The van der Waals surface area contributed by atoms with Gasteiger partial charge in [-0.15, -0.1) is 0 Å². The van der Waals surface area contributed by atoms with Gasteiger partial charge in [-0.25, -0.2) is 4.98 Å². The maximum Gasteiger partial charge on any atom is 0.246 e. The quantitative estimate of drug-likeness (QED) is 0.334. The SMILES string of the molecule is C=CC(=O)N1CCN(c2c(CC#N)c(OC[C@@H]3CCCN3C)nc3cc(-c4cccc5c4C4CC4C5)ccc23)C[C@@H]1CC#N. The number of carbonyl (C=O) groups is 1. The van der Waals surface area contributed by atoms with Crippen LogP contribution in [0, 0.1) is 28.6 Å². The molecule has 3 aromatic rings. The third kappa shape index (κ3) is 4.98. The number of pyridine rings is 1. The number of hydrogen-bond acceptors (Lipinski definition) is 7. The van der Waals surface area contributed by atoms with Gasteiger partial charge in [-0.05, 0) is 85.5 Å². The highest BCUT2D eigenvalue weighted by atomic mass is 16.5. The van der Waals surface area contributed by atoms with Crippen LogP contribution in [0.5, 0.6) is 5.88 Å². The number of benzene rings is 2. The normalized spacial score (nSPS) is 24.0. The van der Waals surface area contributed by atoms with Crippen LogP contribution < -0.4 is 9.64 Å². The lowest BCUT2D eigenvalue weighted by Crippen LogP contribution is -2.55. The lowest BCUT2D eigenvalue weighted by molar-refractivity contribution is -0.128. The molecule has 0 spiro atoms. The second-order valence-corrected chi connectivity index (χ2v) is 12.8. The lowest BCUT2D eigenvalue weighted by atomic mass is 9.93. The van der Waals surface area contributed by atoms with E-state index in [1.807, 2.05) is 0 Å². The van der Waals surface area contributed by atoms with Crippen LogP contribution in [0.3, 0.4) is 0 Å². The van der Waals surface area contributed by atoms with Gasteiger partial charge in [0.1, 0.15) is 6.61 Å². The minimum Gasteiger partial charge on any atom is -0.476 e. The number of hydrogen-bond donors (Lipinski definition) is 0. The molecule has 7 rings (SSSR count). The van der Waals surface area contributed by atoms with Crippen molar-refractivity contribution in [2.75, 3.05) is 44.7 Å². The van der Waals surface area contributed by atoms with Crippen LogP contribution in [0.15, 0.2) is 49.1 Å². The zero-order chi connectivity index (χ0) is 30.4. The molecule has 4 atom stereocenters. The van der Waals surface area contributed by atoms with Gasteiger partial charge in [0, 0.05) is 31.1 Å². The van der Waals surface area contributed by atoms with Gasteiger partial charge in [0.25, 0.3) is 0 Å². The minimum atomic E-state index is -0.286. The number of nitriles is 2. The van der Waals surface area contributed by atoms with E-state index in [1.54, 1.807) is 4.90 Å². The van der Waals surface area contributed by atoms with E-state index in [9.17, 15) is 15.3 Å². The predicted octanol–water partition coefficient (Wildman–Crippen LogP) is 5.22. The summed E-state index contributed by atoms with van der Waals surface area (Å²) in [5.41, 5.74) is 7.95. The van der Waals surface area contributed by atoms with E-state index in [0.717, 1.165) is 53.0 Å². The maximum absolute atomic E-state index is 12.7. The summed E-state index contributed by atoms with van der Waals surface area (Å²) in [6.07, 6.45) is 6.38.